The van der Waals surface area contributed by atoms with E-state index in [4.69, 9.17) is 9.15 Å². The second-order valence-electron chi connectivity index (χ2n) is 5.26. The number of aromatic nitrogens is 2. The molecule has 0 amide bonds. The summed E-state index contributed by atoms with van der Waals surface area (Å²) in [6.45, 7) is 0. The van der Waals surface area contributed by atoms with E-state index in [9.17, 15) is 4.79 Å². The average molecular weight is 282 g/mol. The SMILES string of the molecule is COc1cc2[nH]c3c(c2cc1-c1cnco1)CC(=O)CC3. The molecule has 0 bridgehead atoms. The molecule has 0 unspecified atom stereocenters. The molecule has 106 valence electrons. The van der Waals surface area contributed by atoms with Crippen molar-refractivity contribution in [2.24, 2.45) is 0 Å². The van der Waals surface area contributed by atoms with Gasteiger partial charge in [-0.15, -0.1) is 0 Å². The zero-order valence-corrected chi connectivity index (χ0v) is 11.6. The summed E-state index contributed by atoms with van der Waals surface area (Å²) in [5, 5.41) is 1.06. The largest absolute Gasteiger partial charge is 0.496 e. The fraction of sp³-hybridized carbons (Fsp3) is 0.250. The van der Waals surface area contributed by atoms with Gasteiger partial charge in [0.25, 0.3) is 0 Å². The number of ether oxygens (including phenoxy) is 1. The first kappa shape index (κ1) is 12.2. The summed E-state index contributed by atoms with van der Waals surface area (Å²) in [6, 6.07) is 3.97. The smallest absolute Gasteiger partial charge is 0.181 e. The van der Waals surface area contributed by atoms with E-state index in [0.717, 1.165) is 39.9 Å². The maximum absolute atomic E-state index is 11.7. The molecule has 5 heteroatoms. The summed E-state index contributed by atoms with van der Waals surface area (Å²) in [5.41, 5.74) is 4.10. The standard InChI is InChI=1S/C16H14N2O3/c1-20-15-6-14-11(5-12(15)16-7-17-8-21-16)10-4-9(19)2-3-13(10)18-14/h5-8,18H,2-4H2,1H3. The van der Waals surface area contributed by atoms with Crippen molar-refractivity contribution in [3.8, 4) is 17.1 Å². The van der Waals surface area contributed by atoms with E-state index in [0.29, 0.717) is 24.4 Å². The van der Waals surface area contributed by atoms with Crippen molar-refractivity contribution in [1.82, 2.24) is 9.97 Å². The van der Waals surface area contributed by atoms with Gasteiger partial charge in [0, 0.05) is 35.5 Å². The Kier molecular flexibility index (Phi) is 2.60. The Hall–Kier alpha value is -2.56. The molecule has 0 saturated heterocycles. The van der Waals surface area contributed by atoms with Gasteiger partial charge in [0.2, 0.25) is 0 Å². The van der Waals surface area contributed by atoms with Crippen LogP contribution in [0.4, 0.5) is 0 Å². The van der Waals surface area contributed by atoms with Crippen LogP contribution in [0.15, 0.2) is 29.1 Å². The zero-order chi connectivity index (χ0) is 14.4. The number of oxazole rings is 1. The number of nitrogens with one attached hydrogen (secondary N) is 1. The van der Waals surface area contributed by atoms with Gasteiger partial charge in [0.1, 0.15) is 11.5 Å². The molecular formula is C16H14N2O3. The number of carbonyl (C=O) groups is 1. The lowest BCUT2D eigenvalue weighted by molar-refractivity contribution is -0.118. The van der Waals surface area contributed by atoms with Gasteiger partial charge in [-0.05, 0) is 18.1 Å². The Bertz CT molecular complexity index is 831. The lowest BCUT2D eigenvalue weighted by Crippen LogP contribution is -2.12. The number of nitrogens with zero attached hydrogens (tertiary/aromatic N) is 1. The number of hydrogen-bond donors (Lipinski definition) is 1. The van der Waals surface area contributed by atoms with Crippen LogP contribution in [-0.4, -0.2) is 22.9 Å². The highest BCUT2D eigenvalue weighted by Crippen LogP contribution is 2.37. The fourth-order valence-corrected chi connectivity index (χ4v) is 3.01. The monoisotopic (exact) mass is 282 g/mol. The van der Waals surface area contributed by atoms with Gasteiger partial charge in [-0.3, -0.25) is 4.79 Å². The first-order chi connectivity index (χ1) is 10.3. The number of methoxy groups -OCH3 is 1. The number of rotatable bonds is 2. The van der Waals surface area contributed by atoms with E-state index < -0.39 is 0 Å². The van der Waals surface area contributed by atoms with E-state index in [1.165, 1.54) is 6.39 Å². The van der Waals surface area contributed by atoms with Crippen molar-refractivity contribution in [3.63, 3.8) is 0 Å². The molecule has 1 aliphatic carbocycles. The summed E-state index contributed by atoms with van der Waals surface area (Å²) in [7, 11) is 1.63. The highest BCUT2D eigenvalue weighted by Gasteiger charge is 2.22. The number of hydrogen-bond acceptors (Lipinski definition) is 4. The molecule has 0 saturated carbocycles. The molecule has 1 N–H and O–H groups in total. The summed E-state index contributed by atoms with van der Waals surface area (Å²) in [4.78, 5) is 19.1. The van der Waals surface area contributed by atoms with Gasteiger partial charge in [0.05, 0.1) is 18.9 Å². The molecule has 1 aromatic carbocycles. The van der Waals surface area contributed by atoms with Crippen molar-refractivity contribution in [3.05, 3.63) is 36.0 Å². The molecule has 21 heavy (non-hydrogen) atoms. The Morgan fingerprint density at radius 1 is 1.33 bits per heavy atom. The average Bonchev–Trinajstić information content (AvgIpc) is 3.12. The predicted molar refractivity (Wildman–Crippen MR) is 77.4 cm³/mol. The van der Waals surface area contributed by atoms with Crippen molar-refractivity contribution in [2.75, 3.05) is 7.11 Å². The number of aromatic amines is 1. The third-order valence-electron chi connectivity index (χ3n) is 4.04. The summed E-state index contributed by atoms with van der Waals surface area (Å²) in [6.07, 6.45) is 4.95. The van der Waals surface area contributed by atoms with Crippen LogP contribution in [0.2, 0.25) is 0 Å². The predicted octanol–water partition coefficient (Wildman–Crippen LogP) is 2.89. The van der Waals surface area contributed by atoms with Crippen molar-refractivity contribution in [1.29, 1.82) is 0 Å². The molecule has 4 rings (SSSR count). The summed E-state index contributed by atoms with van der Waals surface area (Å²) in [5.74, 6) is 1.68. The molecule has 0 spiro atoms. The molecule has 0 atom stereocenters. The minimum absolute atomic E-state index is 0.292. The lowest BCUT2D eigenvalue weighted by Gasteiger charge is -2.10. The molecular weight excluding hydrogens is 268 g/mol. The minimum Gasteiger partial charge on any atom is -0.496 e. The highest BCUT2D eigenvalue weighted by molar-refractivity contribution is 5.96. The molecule has 2 aromatic heterocycles. The third kappa shape index (κ3) is 1.85. The maximum atomic E-state index is 11.7. The third-order valence-corrected chi connectivity index (χ3v) is 4.04. The van der Waals surface area contributed by atoms with Crippen LogP contribution in [0.3, 0.4) is 0 Å². The summed E-state index contributed by atoms with van der Waals surface area (Å²) >= 11 is 0. The molecule has 2 heterocycles. The van der Waals surface area contributed by atoms with Crippen LogP contribution in [0.1, 0.15) is 17.7 Å². The minimum atomic E-state index is 0.292. The number of ketones is 1. The summed E-state index contributed by atoms with van der Waals surface area (Å²) < 4.78 is 10.8. The number of Topliss-reactive ketones (excluding diaryl/α,β-unsaturated/α-hetero) is 1. The maximum Gasteiger partial charge on any atom is 0.181 e. The van der Waals surface area contributed by atoms with Gasteiger partial charge in [0.15, 0.2) is 12.2 Å². The van der Waals surface area contributed by atoms with E-state index in [-0.39, 0.29) is 0 Å². The molecule has 1 aliphatic rings. The molecule has 0 aliphatic heterocycles. The Morgan fingerprint density at radius 3 is 3.00 bits per heavy atom. The zero-order valence-electron chi connectivity index (χ0n) is 11.6. The van der Waals surface area contributed by atoms with Crippen molar-refractivity contribution in [2.45, 2.75) is 19.3 Å². The van der Waals surface area contributed by atoms with E-state index in [2.05, 4.69) is 9.97 Å². The molecule has 5 nitrogen and oxygen atoms in total. The van der Waals surface area contributed by atoms with Crippen LogP contribution in [0.5, 0.6) is 5.75 Å². The number of carbonyl (C=O) groups excluding carboxylic acids is 1. The fourth-order valence-electron chi connectivity index (χ4n) is 3.01. The number of fused-ring (bicyclic) bond motifs is 3. The molecule has 0 radical (unpaired) electrons. The first-order valence-corrected chi connectivity index (χ1v) is 6.88. The second kappa shape index (κ2) is 4.48. The van der Waals surface area contributed by atoms with Crippen LogP contribution in [-0.2, 0) is 17.6 Å². The topological polar surface area (TPSA) is 68.1 Å². The van der Waals surface area contributed by atoms with Gasteiger partial charge in [-0.2, -0.15) is 0 Å². The van der Waals surface area contributed by atoms with E-state index >= 15 is 0 Å². The Labute approximate surface area is 120 Å². The van der Waals surface area contributed by atoms with Crippen molar-refractivity contribution < 1.29 is 13.9 Å². The normalized spacial score (nSPS) is 14.4. The Morgan fingerprint density at radius 2 is 2.24 bits per heavy atom. The lowest BCUT2D eigenvalue weighted by atomic mass is 9.94. The van der Waals surface area contributed by atoms with Crippen LogP contribution < -0.4 is 4.74 Å². The Balaban J connectivity index is 1.98. The van der Waals surface area contributed by atoms with Gasteiger partial charge in [-0.25, -0.2) is 4.98 Å². The van der Waals surface area contributed by atoms with Gasteiger partial charge in [-0.1, -0.05) is 0 Å². The van der Waals surface area contributed by atoms with E-state index in [1.807, 2.05) is 12.1 Å². The molecule has 3 aromatic rings. The highest BCUT2D eigenvalue weighted by atomic mass is 16.5. The van der Waals surface area contributed by atoms with Crippen LogP contribution >= 0.6 is 0 Å². The van der Waals surface area contributed by atoms with Crippen LogP contribution in [0, 0.1) is 0 Å². The van der Waals surface area contributed by atoms with Crippen LogP contribution in [0.25, 0.3) is 22.2 Å². The van der Waals surface area contributed by atoms with Gasteiger partial charge < -0.3 is 14.1 Å². The number of aryl methyl sites for hydroxylation is 1. The quantitative estimate of drug-likeness (QED) is 0.784. The second-order valence-corrected chi connectivity index (χ2v) is 5.26. The first-order valence-electron chi connectivity index (χ1n) is 6.88. The van der Waals surface area contributed by atoms with E-state index in [1.54, 1.807) is 13.3 Å². The number of benzene rings is 1. The van der Waals surface area contributed by atoms with Gasteiger partial charge >= 0.3 is 0 Å². The molecule has 0 fully saturated rings. The number of H-pyrrole nitrogens is 1. The van der Waals surface area contributed by atoms with Crippen molar-refractivity contribution >= 4 is 16.7 Å².